The van der Waals surface area contributed by atoms with Crippen LogP contribution in [0.25, 0.3) is 0 Å². The zero-order valence-corrected chi connectivity index (χ0v) is 13.3. The minimum absolute atomic E-state index is 0.262. The van der Waals surface area contributed by atoms with E-state index in [9.17, 15) is 4.79 Å². The van der Waals surface area contributed by atoms with Crippen molar-refractivity contribution < 1.29 is 9.53 Å². The van der Waals surface area contributed by atoms with Gasteiger partial charge in [0.1, 0.15) is 5.75 Å². The first kappa shape index (κ1) is 15.8. The van der Waals surface area contributed by atoms with Gasteiger partial charge in [-0.15, -0.1) is 0 Å². The molecule has 0 unspecified atom stereocenters. The Hall–Kier alpha value is -2.62. The number of ether oxygens (including phenoxy) is 1. The van der Waals surface area contributed by atoms with Crippen molar-refractivity contribution in [1.82, 2.24) is 5.43 Å². The van der Waals surface area contributed by atoms with E-state index < -0.39 is 0 Å². The quantitative estimate of drug-likeness (QED) is 0.694. The smallest absolute Gasteiger partial charge is 0.271 e. The lowest BCUT2D eigenvalue weighted by atomic mass is 10.0. The molecular formula is C18H20N2O2. The number of hydrogen-bond acceptors (Lipinski definition) is 3. The van der Waals surface area contributed by atoms with Crippen molar-refractivity contribution in [2.75, 3.05) is 7.11 Å². The normalized spacial score (nSPS) is 11.2. The molecule has 0 radical (unpaired) electrons. The van der Waals surface area contributed by atoms with Crippen molar-refractivity contribution in [3.63, 3.8) is 0 Å². The van der Waals surface area contributed by atoms with Crippen LogP contribution >= 0.6 is 0 Å². The van der Waals surface area contributed by atoms with Crippen LogP contribution in [0.2, 0.25) is 0 Å². The lowest BCUT2D eigenvalue weighted by molar-refractivity contribution is 0.0954. The highest BCUT2D eigenvalue weighted by molar-refractivity contribution is 6.01. The molecule has 1 amide bonds. The Labute approximate surface area is 130 Å². The molecule has 0 aliphatic carbocycles. The molecule has 1 N–H and O–H groups in total. The number of hydrogen-bond donors (Lipinski definition) is 1. The molecule has 0 spiro atoms. The van der Waals surface area contributed by atoms with E-state index in [2.05, 4.69) is 30.4 Å². The average molecular weight is 296 g/mol. The van der Waals surface area contributed by atoms with Gasteiger partial charge in [-0.05, 0) is 61.7 Å². The third kappa shape index (κ3) is 3.73. The molecule has 0 aliphatic rings. The molecule has 114 valence electrons. The number of benzene rings is 2. The van der Waals surface area contributed by atoms with Crippen molar-refractivity contribution in [2.45, 2.75) is 20.8 Å². The van der Waals surface area contributed by atoms with Crippen LogP contribution in [-0.2, 0) is 0 Å². The van der Waals surface area contributed by atoms with Crippen molar-refractivity contribution in [3.8, 4) is 5.75 Å². The molecule has 2 aromatic carbocycles. The third-order valence-corrected chi connectivity index (χ3v) is 3.58. The van der Waals surface area contributed by atoms with Gasteiger partial charge >= 0.3 is 0 Å². The molecule has 0 saturated heterocycles. The predicted octanol–water partition coefficient (Wildman–Crippen LogP) is 3.47. The van der Waals surface area contributed by atoms with Gasteiger partial charge in [0.15, 0.2) is 0 Å². The zero-order valence-electron chi connectivity index (χ0n) is 13.3. The van der Waals surface area contributed by atoms with Crippen molar-refractivity contribution in [2.24, 2.45) is 5.10 Å². The first-order chi connectivity index (χ1) is 10.5. The minimum atomic E-state index is -0.262. The summed E-state index contributed by atoms with van der Waals surface area (Å²) in [7, 11) is 1.57. The maximum atomic E-state index is 12.1. The van der Waals surface area contributed by atoms with E-state index in [1.165, 1.54) is 11.1 Å². The van der Waals surface area contributed by atoms with Crippen LogP contribution in [0.4, 0.5) is 0 Å². The van der Waals surface area contributed by atoms with Crippen LogP contribution in [0.5, 0.6) is 5.75 Å². The number of amides is 1. The summed E-state index contributed by atoms with van der Waals surface area (Å²) < 4.78 is 5.11. The number of carbonyl (C=O) groups excluding carboxylic acids is 1. The molecule has 4 nitrogen and oxygen atoms in total. The number of nitrogens with zero attached hydrogens (tertiary/aromatic N) is 1. The molecule has 4 heteroatoms. The fourth-order valence-corrected chi connectivity index (χ4v) is 1.99. The van der Waals surface area contributed by atoms with Gasteiger partial charge in [0.05, 0.1) is 12.8 Å². The Balaban J connectivity index is 2.12. The molecule has 0 fully saturated rings. The number of hydrazone groups is 1. The third-order valence-electron chi connectivity index (χ3n) is 3.58. The Morgan fingerprint density at radius 1 is 1.05 bits per heavy atom. The van der Waals surface area contributed by atoms with Gasteiger partial charge in [-0.3, -0.25) is 4.79 Å². The largest absolute Gasteiger partial charge is 0.497 e. The van der Waals surface area contributed by atoms with Gasteiger partial charge in [0.2, 0.25) is 0 Å². The predicted molar refractivity (Wildman–Crippen MR) is 88.6 cm³/mol. The maximum absolute atomic E-state index is 12.1. The molecule has 0 bridgehead atoms. The highest BCUT2D eigenvalue weighted by Crippen LogP contribution is 2.13. The van der Waals surface area contributed by atoms with Gasteiger partial charge < -0.3 is 4.74 Å². The lowest BCUT2D eigenvalue weighted by Crippen LogP contribution is -2.19. The summed E-state index contributed by atoms with van der Waals surface area (Å²) >= 11 is 0. The molecular weight excluding hydrogens is 276 g/mol. The standard InChI is InChI=1S/C18H20N2O2/c1-12-8-9-15(10-13(12)2)14(3)19-20-18(21)16-6-5-7-17(11-16)22-4/h5-11H,1-4H3,(H,20,21). The number of aryl methyl sites for hydroxylation is 2. The van der Waals surface area contributed by atoms with Crippen molar-refractivity contribution in [1.29, 1.82) is 0 Å². The van der Waals surface area contributed by atoms with Crippen LogP contribution in [0.3, 0.4) is 0 Å². The summed E-state index contributed by atoms with van der Waals surface area (Å²) in [5, 5.41) is 4.17. The van der Waals surface area contributed by atoms with Gasteiger partial charge in [-0.25, -0.2) is 5.43 Å². The first-order valence-corrected chi connectivity index (χ1v) is 7.07. The highest BCUT2D eigenvalue weighted by atomic mass is 16.5. The minimum Gasteiger partial charge on any atom is -0.497 e. The number of methoxy groups -OCH3 is 1. The molecule has 0 saturated carbocycles. The van der Waals surface area contributed by atoms with E-state index in [0.717, 1.165) is 11.3 Å². The van der Waals surface area contributed by atoms with E-state index >= 15 is 0 Å². The SMILES string of the molecule is COc1cccc(C(=O)NN=C(C)c2ccc(C)c(C)c2)c1. The Kier molecular flexibility index (Phi) is 4.94. The fraction of sp³-hybridized carbons (Fsp3) is 0.222. The molecule has 2 rings (SSSR count). The van der Waals surface area contributed by atoms with Crippen LogP contribution in [-0.4, -0.2) is 18.7 Å². The Morgan fingerprint density at radius 2 is 1.82 bits per heavy atom. The summed E-state index contributed by atoms with van der Waals surface area (Å²) in [4.78, 5) is 12.1. The second kappa shape index (κ2) is 6.89. The molecule has 22 heavy (non-hydrogen) atoms. The number of rotatable bonds is 4. The summed E-state index contributed by atoms with van der Waals surface area (Å²) in [6.45, 7) is 5.99. The van der Waals surface area contributed by atoms with Crippen LogP contribution < -0.4 is 10.2 Å². The van der Waals surface area contributed by atoms with E-state index in [1.807, 2.05) is 19.1 Å². The number of nitrogens with one attached hydrogen (secondary N) is 1. The molecule has 0 aliphatic heterocycles. The van der Waals surface area contributed by atoms with E-state index in [0.29, 0.717) is 11.3 Å². The van der Waals surface area contributed by atoms with Gasteiger partial charge in [-0.1, -0.05) is 18.2 Å². The summed E-state index contributed by atoms with van der Waals surface area (Å²) in [5.41, 5.74) is 7.28. The molecule has 0 atom stereocenters. The summed E-state index contributed by atoms with van der Waals surface area (Å²) in [6.07, 6.45) is 0. The molecule has 0 aromatic heterocycles. The lowest BCUT2D eigenvalue weighted by Gasteiger charge is -2.06. The topological polar surface area (TPSA) is 50.7 Å². The zero-order chi connectivity index (χ0) is 16.1. The van der Waals surface area contributed by atoms with Crippen LogP contribution in [0.1, 0.15) is 34.0 Å². The van der Waals surface area contributed by atoms with Crippen molar-refractivity contribution in [3.05, 3.63) is 64.7 Å². The second-order valence-electron chi connectivity index (χ2n) is 5.17. The average Bonchev–Trinajstić information content (AvgIpc) is 2.54. The first-order valence-electron chi connectivity index (χ1n) is 7.07. The summed E-state index contributed by atoms with van der Waals surface area (Å²) in [6, 6.07) is 13.1. The number of carbonyl (C=O) groups is 1. The Morgan fingerprint density at radius 3 is 2.50 bits per heavy atom. The van der Waals surface area contributed by atoms with E-state index in [4.69, 9.17) is 4.74 Å². The fourth-order valence-electron chi connectivity index (χ4n) is 1.99. The maximum Gasteiger partial charge on any atom is 0.271 e. The summed E-state index contributed by atoms with van der Waals surface area (Å²) in [5.74, 6) is 0.379. The van der Waals surface area contributed by atoms with Gasteiger partial charge in [0.25, 0.3) is 5.91 Å². The van der Waals surface area contributed by atoms with Crippen LogP contribution in [0, 0.1) is 13.8 Å². The van der Waals surface area contributed by atoms with Crippen molar-refractivity contribution >= 4 is 11.6 Å². The molecule has 0 heterocycles. The van der Waals surface area contributed by atoms with Gasteiger partial charge in [-0.2, -0.15) is 5.10 Å². The van der Waals surface area contributed by atoms with E-state index in [1.54, 1.807) is 31.4 Å². The van der Waals surface area contributed by atoms with E-state index in [-0.39, 0.29) is 5.91 Å². The highest BCUT2D eigenvalue weighted by Gasteiger charge is 2.06. The van der Waals surface area contributed by atoms with Crippen LogP contribution in [0.15, 0.2) is 47.6 Å². The van der Waals surface area contributed by atoms with Gasteiger partial charge in [0, 0.05) is 5.56 Å². The second-order valence-corrected chi connectivity index (χ2v) is 5.17. The molecule has 2 aromatic rings. The Bertz CT molecular complexity index is 721. The monoisotopic (exact) mass is 296 g/mol.